The van der Waals surface area contributed by atoms with Crippen molar-refractivity contribution < 1.29 is 12.6 Å². The average Bonchev–Trinajstić information content (AvgIpc) is 2.62. The molecule has 3 aromatic carbocycles. The van der Waals surface area contributed by atoms with E-state index in [0.29, 0.717) is 15.5 Å². The molecule has 0 saturated carbocycles. The molecule has 6 heteroatoms. The Morgan fingerprint density at radius 3 is 2.17 bits per heavy atom. The van der Waals surface area contributed by atoms with Crippen molar-refractivity contribution in [1.29, 1.82) is 0 Å². The smallest absolute Gasteiger partial charge is 0.206 e. The number of para-hydroxylation sites is 1. The normalized spacial score (nSPS) is 15.9. The zero-order valence-corrected chi connectivity index (χ0v) is 14.1. The van der Waals surface area contributed by atoms with Crippen molar-refractivity contribution in [3.8, 4) is 0 Å². The molecular weight excluding hydrogens is 342 g/mol. The fourth-order valence-electron chi connectivity index (χ4n) is 2.66. The Kier molecular flexibility index (Phi) is 3.51. The molecule has 0 spiro atoms. The van der Waals surface area contributed by atoms with E-state index in [0.717, 1.165) is 5.69 Å². The third kappa shape index (κ3) is 2.35. The molecule has 120 valence electrons. The first-order valence-electron chi connectivity index (χ1n) is 7.29. The van der Waals surface area contributed by atoms with E-state index in [-0.39, 0.29) is 9.79 Å². The summed E-state index contributed by atoms with van der Waals surface area (Å²) in [5, 5.41) is 3.20. The van der Waals surface area contributed by atoms with Gasteiger partial charge in [-0.3, -0.25) is 0 Å². The van der Waals surface area contributed by atoms with Crippen LogP contribution >= 0.6 is 0 Å². The second kappa shape index (κ2) is 5.58. The van der Waals surface area contributed by atoms with Crippen LogP contribution in [0, 0.1) is 0 Å². The van der Waals surface area contributed by atoms with E-state index in [4.69, 9.17) is 0 Å². The topological polar surface area (TPSA) is 63.2 Å². The van der Waals surface area contributed by atoms with Crippen molar-refractivity contribution in [2.45, 2.75) is 19.6 Å². The molecule has 1 heterocycles. The number of nitrogens with one attached hydrogen (secondary N) is 1. The van der Waals surface area contributed by atoms with Crippen molar-refractivity contribution in [3.63, 3.8) is 0 Å². The number of hydrogen-bond acceptors (Lipinski definition) is 4. The fourth-order valence-corrected chi connectivity index (χ4v) is 5.35. The summed E-state index contributed by atoms with van der Waals surface area (Å²) in [6, 6.07) is 20.2. The molecule has 0 aliphatic carbocycles. The first-order valence-corrected chi connectivity index (χ1v) is 9.93. The molecule has 0 saturated heterocycles. The lowest BCUT2D eigenvalue weighted by Gasteiger charge is -2.21. The largest absolute Gasteiger partial charge is 0.354 e. The molecule has 1 N–H and O–H groups in total. The van der Waals surface area contributed by atoms with Gasteiger partial charge in [-0.1, -0.05) is 30.3 Å². The van der Waals surface area contributed by atoms with Crippen molar-refractivity contribution in [2.75, 3.05) is 5.32 Å². The minimum atomic E-state index is -3.64. The molecule has 4 nitrogen and oxygen atoms in total. The van der Waals surface area contributed by atoms with E-state index in [2.05, 4.69) is 5.32 Å². The van der Waals surface area contributed by atoms with Crippen molar-refractivity contribution in [3.05, 3.63) is 72.8 Å². The van der Waals surface area contributed by atoms with Crippen LogP contribution in [0.5, 0.6) is 0 Å². The van der Waals surface area contributed by atoms with Crippen LogP contribution in [-0.4, -0.2) is 12.6 Å². The molecule has 24 heavy (non-hydrogen) atoms. The van der Waals surface area contributed by atoms with E-state index in [9.17, 15) is 12.6 Å². The zero-order valence-electron chi connectivity index (χ0n) is 12.5. The predicted molar refractivity (Wildman–Crippen MR) is 92.7 cm³/mol. The highest BCUT2D eigenvalue weighted by atomic mass is 32.2. The standard InChI is InChI=1S/C18H13NO3S2/c20-23-17-9-5-4-8-15(17)19-16-11-10-14(12-18(16)23)24(21,22)13-6-2-1-3-7-13/h1-12,19H. The van der Waals surface area contributed by atoms with E-state index >= 15 is 0 Å². The van der Waals surface area contributed by atoms with E-state index in [1.807, 2.05) is 18.2 Å². The lowest BCUT2D eigenvalue weighted by molar-refractivity contribution is 0.596. The maximum Gasteiger partial charge on any atom is 0.206 e. The number of hydrogen-bond donors (Lipinski definition) is 1. The Hall–Kier alpha value is -2.44. The summed E-state index contributed by atoms with van der Waals surface area (Å²) in [7, 11) is -5.05. The van der Waals surface area contributed by atoms with Gasteiger partial charge in [-0.15, -0.1) is 0 Å². The van der Waals surface area contributed by atoms with Crippen LogP contribution in [0.25, 0.3) is 0 Å². The number of benzene rings is 3. The van der Waals surface area contributed by atoms with Gasteiger partial charge in [-0.2, -0.15) is 0 Å². The van der Waals surface area contributed by atoms with Gasteiger partial charge in [0.25, 0.3) is 0 Å². The first-order chi connectivity index (χ1) is 11.6. The predicted octanol–water partition coefficient (Wildman–Crippen LogP) is 3.74. The second-order valence-corrected chi connectivity index (χ2v) is 8.73. The van der Waals surface area contributed by atoms with Gasteiger partial charge >= 0.3 is 0 Å². The molecule has 1 aliphatic heterocycles. The lowest BCUT2D eigenvalue weighted by Crippen LogP contribution is -2.10. The van der Waals surface area contributed by atoms with Gasteiger partial charge in [0, 0.05) is 0 Å². The van der Waals surface area contributed by atoms with E-state index < -0.39 is 20.6 Å². The Balaban J connectivity index is 1.84. The highest BCUT2D eigenvalue weighted by Gasteiger charge is 2.25. The van der Waals surface area contributed by atoms with E-state index in [1.54, 1.807) is 48.5 Å². The highest BCUT2D eigenvalue weighted by Crippen LogP contribution is 2.38. The highest BCUT2D eigenvalue weighted by molar-refractivity contribution is 7.91. The Labute approximate surface area is 142 Å². The molecule has 0 aromatic heterocycles. The molecule has 1 unspecified atom stereocenters. The maximum atomic E-state index is 12.8. The SMILES string of the molecule is O=S1c2ccccc2Nc2ccc(S(=O)(=O)c3ccccc3)cc21. The van der Waals surface area contributed by atoms with Crippen molar-refractivity contribution >= 4 is 32.0 Å². The fraction of sp³-hybridized carbons (Fsp3) is 0. The first kappa shape index (κ1) is 15.1. The molecule has 3 aromatic rings. The van der Waals surface area contributed by atoms with Gasteiger partial charge in [-0.05, 0) is 42.5 Å². The van der Waals surface area contributed by atoms with Crippen LogP contribution in [0.15, 0.2) is 92.4 Å². The molecule has 1 aliphatic rings. The number of sulfone groups is 1. The molecule has 0 amide bonds. The summed E-state index contributed by atoms with van der Waals surface area (Å²) in [6.07, 6.45) is 0. The Morgan fingerprint density at radius 1 is 0.708 bits per heavy atom. The maximum absolute atomic E-state index is 12.8. The second-order valence-electron chi connectivity index (χ2n) is 5.36. The summed E-state index contributed by atoms with van der Waals surface area (Å²) in [6.45, 7) is 0. The monoisotopic (exact) mass is 355 g/mol. The van der Waals surface area contributed by atoms with Gasteiger partial charge in [0.2, 0.25) is 9.84 Å². The quantitative estimate of drug-likeness (QED) is 0.595. The third-order valence-corrected chi connectivity index (χ3v) is 7.13. The van der Waals surface area contributed by atoms with Crippen LogP contribution in [0.2, 0.25) is 0 Å². The van der Waals surface area contributed by atoms with Crippen LogP contribution in [0.1, 0.15) is 0 Å². The molecule has 0 bridgehead atoms. The molecular formula is C18H13NO3S2. The van der Waals surface area contributed by atoms with Gasteiger partial charge in [-0.25, -0.2) is 12.6 Å². The average molecular weight is 355 g/mol. The number of rotatable bonds is 2. The van der Waals surface area contributed by atoms with Crippen LogP contribution in [-0.2, 0) is 20.6 Å². The summed E-state index contributed by atoms with van der Waals surface area (Å²) < 4.78 is 38.3. The van der Waals surface area contributed by atoms with Gasteiger partial charge < -0.3 is 5.32 Å². The Bertz CT molecular complexity index is 1060. The van der Waals surface area contributed by atoms with Crippen molar-refractivity contribution in [2.24, 2.45) is 0 Å². The molecule has 0 radical (unpaired) electrons. The molecule has 4 rings (SSSR count). The molecule has 0 fully saturated rings. The summed E-state index contributed by atoms with van der Waals surface area (Å²) >= 11 is 0. The summed E-state index contributed by atoms with van der Waals surface area (Å²) in [4.78, 5) is 1.49. The number of anilines is 2. The minimum Gasteiger partial charge on any atom is -0.354 e. The van der Waals surface area contributed by atoms with Crippen LogP contribution < -0.4 is 5.32 Å². The van der Waals surface area contributed by atoms with Gasteiger partial charge in [0.05, 0.1) is 41.8 Å². The molecule has 1 atom stereocenters. The van der Waals surface area contributed by atoms with Crippen LogP contribution in [0.4, 0.5) is 11.4 Å². The minimum absolute atomic E-state index is 0.141. The third-order valence-electron chi connectivity index (χ3n) is 3.87. The van der Waals surface area contributed by atoms with Gasteiger partial charge in [0.15, 0.2) is 0 Å². The Morgan fingerprint density at radius 2 is 1.38 bits per heavy atom. The lowest BCUT2D eigenvalue weighted by atomic mass is 10.2. The van der Waals surface area contributed by atoms with E-state index in [1.165, 1.54) is 6.07 Å². The van der Waals surface area contributed by atoms with Crippen molar-refractivity contribution in [1.82, 2.24) is 0 Å². The summed E-state index contributed by atoms with van der Waals surface area (Å²) in [5.41, 5.74) is 1.45. The number of fused-ring (bicyclic) bond motifs is 2. The van der Waals surface area contributed by atoms with Crippen LogP contribution in [0.3, 0.4) is 0 Å². The summed E-state index contributed by atoms with van der Waals surface area (Å²) in [5.74, 6) is 0. The van der Waals surface area contributed by atoms with Gasteiger partial charge in [0.1, 0.15) is 0 Å². The zero-order chi connectivity index (χ0) is 16.7.